The summed E-state index contributed by atoms with van der Waals surface area (Å²) in [5.74, 6) is 0.577. The first-order chi connectivity index (χ1) is 16.8. The fraction of sp³-hybridized carbons (Fsp3) is 0.577. The van der Waals surface area contributed by atoms with Crippen molar-refractivity contribution in [2.45, 2.75) is 83.1 Å². The van der Waals surface area contributed by atoms with Gasteiger partial charge in [-0.1, -0.05) is 12.1 Å². The van der Waals surface area contributed by atoms with Crippen LogP contribution in [0.4, 0.5) is 9.18 Å². The third-order valence-corrected chi connectivity index (χ3v) is 8.03. The van der Waals surface area contributed by atoms with Gasteiger partial charge in [-0.25, -0.2) is 14.2 Å². The van der Waals surface area contributed by atoms with Gasteiger partial charge in [0.15, 0.2) is 0 Å². The van der Waals surface area contributed by atoms with Gasteiger partial charge in [-0.2, -0.15) is 0 Å². The maximum atomic E-state index is 13.8. The molecular weight excluding hydrogens is 449 g/mol. The Bertz CT molecular complexity index is 1100. The van der Waals surface area contributed by atoms with Gasteiger partial charge in [0, 0.05) is 44.6 Å². The SMILES string of the molecule is CC(=O)N[C@@H](CCN1C2CCC1CC(n1c(C)nc3c1CN(C(=O)O)CC3)C2)c1cccc(F)c1. The van der Waals surface area contributed by atoms with Crippen LogP contribution in [0.25, 0.3) is 0 Å². The Hall–Kier alpha value is -2.94. The summed E-state index contributed by atoms with van der Waals surface area (Å²) >= 11 is 0. The largest absolute Gasteiger partial charge is 0.465 e. The molecule has 2 saturated heterocycles. The second kappa shape index (κ2) is 9.60. The number of amides is 2. The van der Waals surface area contributed by atoms with Gasteiger partial charge in [-0.05, 0) is 56.7 Å². The van der Waals surface area contributed by atoms with Crippen LogP contribution < -0.4 is 5.32 Å². The Balaban J connectivity index is 1.29. The standard InChI is InChI=1S/C26H34FN5O3/c1-16-28-24-8-10-30(26(34)35)15-25(24)32(16)22-13-20-6-7-21(14-22)31(20)11-9-23(29-17(2)33)18-4-3-5-19(27)12-18/h3-5,12,20-23H,6-11,13-15H2,1-2H3,(H,29,33)(H,34,35)/t20?,21?,22?,23-/m0/s1. The van der Waals surface area contributed by atoms with Gasteiger partial charge in [-0.15, -0.1) is 0 Å². The molecule has 5 rings (SSSR count). The summed E-state index contributed by atoms with van der Waals surface area (Å²) < 4.78 is 16.1. The molecule has 8 nitrogen and oxygen atoms in total. The number of halogens is 1. The molecule has 2 aromatic rings. The van der Waals surface area contributed by atoms with Crippen molar-refractivity contribution >= 4 is 12.0 Å². The molecule has 0 saturated carbocycles. The summed E-state index contributed by atoms with van der Waals surface area (Å²) in [4.78, 5) is 32.3. The topological polar surface area (TPSA) is 90.7 Å². The van der Waals surface area contributed by atoms with Gasteiger partial charge in [0.05, 0.1) is 24.0 Å². The molecule has 2 unspecified atom stereocenters. The van der Waals surface area contributed by atoms with Crippen LogP contribution in [0.15, 0.2) is 24.3 Å². The van der Waals surface area contributed by atoms with Crippen LogP contribution in [0.5, 0.6) is 0 Å². The van der Waals surface area contributed by atoms with Crippen LogP contribution in [0.3, 0.4) is 0 Å². The van der Waals surface area contributed by atoms with Gasteiger partial charge in [-0.3, -0.25) is 9.69 Å². The summed E-state index contributed by atoms with van der Waals surface area (Å²) in [6.07, 6.45) is 4.84. The lowest BCUT2D eigenvalue weighted by atomic mass is 9.95. The fourth-order valence-electron chi connectivity index (χ4n) is 6.55. The molecule has 2 bridgehead atoms. The molecule has 4 heterocycles. The van der Waals surface area contributed by atoms with Gasteiger partial charge in [0.1, 0.15) is 11.6 Å². The lowest BCUT2D eigenvalue weighted by Gasteiger charge is -2.41. The first-order valence-corrected chi connectivity index (χ1v) is 12.6. The van der Waals surface area contributed by atoms with E-state index in [2.05, 4.69) is 14.8 Å². The van der Waals surface area contributed by atoms with Crippen LogP contribution in [-0.4, -0.2) is 61.6 Å². The molecule has 0 aliphatic carbocycles. The molecule has 188 valence electrons. The van der Waals surface area contributed by atoms with Gasteiger partial charge < -0.3 is 19.9 Å². The highest BCUT2D eigenvalue weighted by Gasteiger charge is 2.42. The van der Waals surface area contributed by atoms with Crippen molar-refractivity contribution in [1.29, 1.82) is 0 Å². The normalized spacial score (nSPS) is 24.8. The number of carboxylic acid groups (broad SMARTS) is 1. The number of imidazole rings is 1. The Morgan fingerprint density at radius 2 is 1.97 bits per heavy atom. The van der Waals surface area contributed by atoms with E-state index < -0.39 is 6.09 Å². The molecule has 3 aliphatic heterocycles. The predicted octanol–water partition coefficient (Wildman–Crippen LogP) is 3.80. The van der Waals surface area contributed by atoms with Crippen molar-refractivity contribution in [3.05, 3.63) is 52.9 Å². The predicted molar refractivity (Wildman–Crippen MR) is 128 cm³/mol. The number of nitrogens with zero attached hydrogens (tertiary/aromatic N) is 4. The van der Waals surface area contributed by atoms with Crippen LogP contribution in [0.1, 0.15) is 73.9 Å². The number of aromatic nitrogens is 2. The Kier molecular flexibility index (Phi) is 6.53. The van der Waals surface area contributed by atoms with E-state index in [0.29, 0.717) is 37.6 Å². The molecule has 3 aliphatic rings. The molecule has 2 fully saturated rings. The number of carbonyl (C=O) groups excluding carboxylic acids is 1. The average molecular weight is 484 g/mol. The first kappa shape index (κ1) is 23.8. The summed E-state index contributed by atoms with van der Waals surface area (Å²) in [6.45, 7) is 5.30. The lowest BCUT2D eigenvalue weighted by molar-refractivity contribution is -0.119. The van der Waals surface area contributed by atoms with Crippen LogP contribution in [0.2, 0.25) is 0 Å². The third kappa shape index (κ3) is 4.78. The van der Waals surface area contributed by atoms with Crippen LogP contribution in [-0.2, 0) is 17.8 Å². The van der Waals surface area contributed by atoms with Crippen LogP contribution >= 0.6 is 0 Å². The highest BCUT2D eigenvalue weighted by Crippen LogP contribution is 2.43. The van der Waals surface area contributed by atoms with E-state index in [1.54, 1.807) is 6.07 Å². The molecule has 1 aromatic heterocycles. The zero-order chi connectivity index (χ0) is 24.7. The Morgan fingerprint density at radius 3 is 2.63 bits per heavy atom. The van der Waals surface area contributed by atoms with E-state index in [0.717, 1.165) is 61.4 Å². The molecule has 1 aromatic carbocycles. The Morgan fingerprint density at radius 1 is 1.23 bits per heavy atom. The number of hydrogen-bond acceptors (Lipinski definition) is 4. The van der Waals surface area contributed by atoms with Crippen molar-refractivity contribution in [3.8, 4) is 0 Å². The summed E-state index contributed by atoms with van der Waals surface area (Å²) in [5, 5.41) is 12.5. The van der Waals surface area contributed by atoms with Crippen molar-refractivity contribution in [2.75, 3.05) is 13.1 Å². The summed E-state index contributed by atoms with van der Waals surface area (Å²) in [7, 11) is 0. The van der Waals surface area contributed by atoms with E-state index in [4.69, 9.17) is 4.98 Å². The number of aryl methyl sites for hydroxylation is 1. The molecule has 2 amide bonds. The molecule has 35 heavy (non-hydrogen) atoms. The molecule has 2 N–H and O–H groups in total. The monoisotopic (exact) mass is 483 g/mol. The number of carbonyl (C=O) groups is 2. The van der Waals surface area contributed by atoms with Crippen molar-refractivity contribution in [2.24, 2.45) is 0 Å². The number of piperidine rings is 1. The molecule has 0 radical (unpaired) electrons. The average Bonchev–Trinajstić information content (AvgIpc) is 3.26. The van der Waals surface area contributed by atoms with E-state index in [-0.39, 0.29) is 17.8 Å². The van der Waals surface area contributed by atoms with Gasteiger partial charge in [0.25, 0.3) is 0 Å². The first-order valence-electron chi connectivity index (χ1n) is 12.6. The quantitative estimate of drug-likeness (QED) is 0.652. The smallest absolute Gasteiger partial charge is 0.407 e. The highest BCUT2D eigenvalue weighted by atomic mass is 19.1. The maximum absolute atomic E-state index is 13.8. The number of rotatable bonds is 6. The molecule has 0 spiro atoms. The van der Waals surface area contributed by atoms with E-state index in [9.17, 15) is 19.1 Å². The number of fused-ring (bicyclic) bond motifs is 3. The minimum absolute atomic E-state index is 0.114. The van der Waals surface area contributed by atoms with Crippen molar-refractivity contribution in [3.63, 3.8) is 0 Å². The fourth-order valence-corrected chi connectivity index (χ4v) is 6.55. The minimum atomic E-state index is -0.872. The third-order valence-electron chi connectivity index (χ3n) is 8.03. The molecule has 3 atom stereocenters. The molecule has 9 heteroatoms. The summed E-state index contributed by atoms with van der Waals surface area (Å²) in [6, 6.07) is 7.48. The maximum Gasteiger partial charge on any atom is 0.407 e. The Labute approximate surface area is 205 Å². The second-order valence-corrected chi connectivity index (χ2v) is 10.2. The van der Waals surface area contributed by atoms with E-state index in [1.807, 2.05) is 13.0 Å². The van der Waals surface area contributed by atoms with Gasteiger partial charge in [0.2, 0.25) is 5.91 Å². The minimum Gasteiger partial charge on any atom is -0.465 e. The van der Waals surface area contributed by atoms with Gasteiger partial charge >= 0.3 is 6.09 Å². The zero-order valence-corrected chi connectivity index (χ0v) is 20.4. The summed E-state index contributed by atoms with van der Waals surface area (Å²) in [5.41, 5.74) is 2.90. The van der Waals surface area contributed by atoms with Crippen molar-refractivity contribution in [1.82, 2.24) is 24.7 Å². The highest BCUT2D eigenvalue weighted by molar-refractivity contribution is 5.73. The number of nitrogens with one attached hydrogen (secondary N) is 1. The van der Waals surface area contributed by atoms with E-state index in [1.165, 1.54) is 24.0 Å². The number of benzene rings is 1. The van der Waals surface area contributed by atoms with Crippen LogP contribution in [0, 0.1) is 12.7 Å². The lowest BCUT2D eigenvalue weighted by Crippen LogP contribution is -2.45. The number of hydrogen-bond donors (Lipinski definition) is 2. The second-order valence-electron chi connectivity index (χ2n) is 10.2. The van der Waals surface area contributed by atoms with Crippen molar-refractivity contribution < 1.29 is 19.1 Å². The molecular formula is C26H34FN5O3. The van der Waals surface area contributed by atoms with E-state index >= 15 is 0 Å². The zero-order valence-electron chi connectivity index (χ0n) is 20.4.